The van der Waals surface area contributed by atoms with E-state index in [9.17, 15) is 4.79 Å². The van der Waals surface area contributed by atoms with Crippen LogP contribution in [0.1, 0.15) is 0 Å². The van der Waals surface area contributed by atoms with Crippen LogP contribution in [0, 0.1) is 0 Å². The lowest BCUT2D eigenvalue weighted by atomic mass is 10.3. The van der Waals surface area contributed by atoms with Crippen molar-refractivity contribution in [3.8, 4) is 0 Å². The summed E-state index contributed by atoms with van der Waals surface area (Å²) in [5, 5.41) is 15.9. The van der Waals surface area contributed by atoms with Gasteiger partial charge in [0.15, 0.2) is 0 Å². The molecule has 1 atom stereocenters. The third-order valence-electron chi connectivity index (χ3n) is 1.54. The largest absolute Gasteiger partial charge is 0.480 e. The van der Waals surface area contributed by atoms with Gasteiger partial charge in [0.25, 0.3) is 0 Å². The molecule has 0 unspecified atom stereocenters. The highest BCUT2D eigenvalue weighted by molar-refractivity contribution is 5.73. The van der Waals surface area contributed by atoms with E-state index in [0.717, 1.165) is 0 Å². The van der Waals surface area contributed by atoms with Crippen molar-refractivity contribution in [1.29, 1.82) is 0 Å². The van der Waals surface area contributed by atoms with E-state index < -0.39 is 12.0 Å². The second-order valence-corrected chi connectivity index (χ2v) is 2.70. The molecule has 0 fully saturated rings. The second kappa shape index (κ2) is 5.08. The van der Waals surface area contributed by atoms with E-state index in [0.29, 0.717) is 5.69 Å². The number of rotatable bonds is 4. The average molecular weight is 193 g/mol. The molecule has 0 saturated carbocycles. The molecule has 0 aliphatic carbocycles. The first-order valence-electron chi connectivity index (χ1n) is 4.11. The van der Waals surface area contributed by atoms with Crippen molar-refractivity contribution < 1.29 is 9.90 Å². The van der Waals surface area contributed by atoms with Gasteiger partial charge in [0.05, 0.1) is 12.2 Å². The highest BCUT2D eigenvalue weighted by atomic mass is 16.4. The highest BCUT2D eigenvalue weighted by Crippen LogP contribution is 2.09. The predicted molar refractivity (Wildman–Crippen MR) is 51.4 cm³/mol. The molecule has 5 nitrogen and oxygen atoms in total. The molecule has 1 aromatic carbocycles. The first-order chi connectivity index (χ1) is 6.70. The van der Waals surface area contributed by atoms with E-state index in [1.54, 1.807) is 12.1 Å². The van der Waals surface area contributed by atoms with Crippen LogP contribution in [-0.2, 0) is 4.79 Å². The van der Waals surface area contributed by atoms with E-state index in [-0.39, 0.29) is 6.54 Å². The molecule has 0 spiro atoms. The fourth-order valence-corrected chi connectivity index (χ4v) is 0.783. The van der Waals surface area contributed by atoms with Crippen LogP contribution in [0.4, 0.5) is 5.69 Å². The van der Waals surface area contributed by atoms with Crippen molar-refractivity contribution in [3.05, 3.63) is 30.3 Å². The first kappa shape index (κ1) is 10.3. The lowest BCUT2D eigenvalue weighted by Crippen LogP contribution is -2.32. The first-order valence-corrected chi connectivity index (χ1v) is 4.11. The van der Waals surface area contributed by atoms with Gasteiger partial charge in [-0.25, -0.2) is 0 Å². The molecule has 14 heavy (non-hydrogen) atoms. The number of nitrogens with zero attached hydrogens (tertiary/aromatic N) is 2. The Bertz CT molecular complexity index is 324. The number of carboxylic acids is 1. The van der Waals surface area contributed by atoms with Crippen LogP contribution in [0.25, 0.3) is 0 Å². The molecule has 1 rings (SSSR count). The number of hydrogen-bond donors (Lipinski definition) is 2. The molecular weight excluding hydrogens is 182 g/mol. The topological polar surface area (TPSA) is 88.0 Å². The molecule has 0 heterocycles. The van der Waals surface area contributed by atoms with Crippen LogP contribution in [0.3, 0.4) is 0 Å². The molecule has 0 aliphatic rings. The van der Waals surface area contributed by atoms with Gasteiger partial charge >= 0.3 is 5.97 Å². The molecule has 1 aromatic rings. The van der Waals surface area contributed by atoms with E-state index >= 15 is 0 Å². The third kappa shape index (κ3) is 3.32. The van der Waals surface area contributed by atoms with Crippen molar-refractivity contribution in [3.63, 3.8) is 0 Å². The van der Waals surface area contributed by atoms with Crippen molar-refractivity contribution >= 4 is 11.7 Å². The predicted octanol–water partition coefficient (Wildman–Crippen LogP) is 1.18. The van der Waals surface area contributed by atoms with Crippen molar-refractivity contribution in [2.24, 2.45) is 16.0 Å². The summed E-state index contributed by atoms with van der Waals surface area (Å²) in [5.41, 5.74) is 5.91. The normalized spacial score (nSPS) is 12.9. The summed E-state index contributed by atoms with van der Waals surface area (Å²) in [6.07, 6.45) is 0. The van der Waals surface area contributed by atoms with E-state index in [1.165, 1.54) is 0 Å². The molecule has 3 N–H and O–H groups in total. The Morgan fingerprint density at radius 2 is 2.07 bits per heavy atom. The molecule has 0 saturated heterocycles. The zero-order valence-electron chi connectivity index (χ0n) is 7.50. The lowest BCUT2D eigenvalue weighted by molar-refractivity contribution is -0.138. The summed E-state index contributed by atoms with van der Waals surface area (Å²) in [6, 6.07) is 8.08. The molecular formula is C9H11N3O2. The third-order valence-corrected chi connectivity index (χ3v) is 1.54. The highest BCUT2D eigenvalue weighted by Gasteiger charge is 2.09. The Morgan fingerprint density at radius 3 is 2.64 bits per heavy atom. The molecule has 74 valence electrons. The van der Waals surface area contributed by atoms with Gasteiger partial charge < -0.3 is 10.8 Å². The maximum atomic E-state index is 10.3. The quantitative estimate of drug-likeness (QED) is 0.704. The van der Waals surface area contributed by atoms with Crippen LogP contribution in [-0.4, -0.2) is 23.7 Å². The summed E-state index contributed by atoms with van der Waals surface area (Å²) in [6.45, 7) is -0.00969. The van der Waals surface area contributed by atoms with Crippen LogP contribution < -0.4 is 5.73 Å². The number of hydrogen-bond acceptors (Lipinski definition) is 4. The Balaban J connectivity index is 2.46. The fourth-order valence-electron chi connectivity index (χ4n) is 0.783. The van der Waals surface area contributed by atoms with Gasteiger partial charge in [-0.2, -0.15) is 10.2 Å². The van der Waals surface area contributed by atoms with Crippen LogP contribution in [0.5, 0.6) is 0 Å². The van der Waals surface area contributed by atoms with Crippen molar-refractivity contribution in [1.82, 2.24) is 0 Å². The summed E-state index contributed by atoms with van der Waals surface area (Å²) < 4.78 is 0. The Hall–Kier alpha value is -1.75. The van der Waals surface area contributed by atoms with Crippen LogP contribution >= 0.6 is 0 Å². The number of benzene rings is 1. The molecule has 0 aromatic heterocycles. The number of aliphatic carboxylic acids is 1. The van der Waals surface area contributed by atoms with Crippen LogP contribution in [0.15, 0.2) is 40.6 Å². The van der Waals surface area contributed by atoms with Gasteiger partial charge in [-0.3, -0.25) is 4.79 Å². The molecule has 5 heteroatoms. The van der Waals surface area contributed by atoms with Gasteiger partial charge in [0, 0.05) is 0 Å². The van der Waals surface area contributed by atoms with Gasteiger partial charge in [-0.1, -0.05) is 18.2 Å². The fraction of sp³-hybridized carbons (Fsp3) is 0.222. The van der Waals surface area contributed by atoms with Gasteiger partial charge in [0.2, 0.25) is 0 Å². The molecule has 0 aliphatic heterocycles. The second-order valence-electron chi connectivity index (χ2n) is 2.70. The van der Waals surface area contributed by atoms with E-state index in [1.807, 2.05) is 18.2 Å². The average Bonchev–Trinajstić information content (AvgIpc) is 2.19. The van der Waals surface area contributed by atoms with Gasteiger partial charge in [0.1, 0.15) is 6.04 Å². The molecule has 0 radical (unpaired) electrons. The van der Waals surface area contributed by atoms with Crippen molar-refractivity contribution in [2.45, 2.75) is 6.04 Å². The minimum Gasteiger partial charge on any atom is -0.480 e. The maximum absolute atomic E-state index is 10.3. The van der Waals surface area contributed by atoms with E-state index in [2.05, 4.69) is 10.2 Å². The zero-order valence-corrected chi connectivity index (χ0v) is 7.50. The van der Waals surface area contributed by atoms with Crippen molar-refractivity contribution in [2.75, 3.05) is 6.54 Å². The SMILES string of the molecule is N[C@@H](CN=Nc1ccccc1)C(=O)O. The summed E-state index contributed by atoms with van der Waals surface area (Å²) >= 11 is 0. The van der Waals surface area contributed by atoms with Crippen LogP contribution in [0.2, 0.25) is 0 Å². The molecule has 0 bridgehead atoms. The Labute approximate surface area is 81.3 Å². The summed E-state index contributed by atoms with van der Waals surface area (Å²) in [4.78, 5) is 10.3. The monoisotopic (exact) mass is 193 g/mol. The maximum Gasteiger partial charge on any atom is 0.322 e. The number of carboxylic acid groups (broad SMARTS) is 1. The Morgan fingerprint density at radius 1 is 1.43 bits per heavy atom. The smallest absolute Gasteiger partial charge is 0.322 e. The number of azo groups is 1. The molecule has 0 amide bonds. The minimum atomic E-state index is -1.07. The Kier molecular flexibility index (Phi) is 3.75. The minimum absolute atomic E-state index is 0.00969. The zero-order chi connectivity index (χ0) is 10.4. The van der Waals surface area contributed by atoms with Gasteiger partial charge in [-0.05, 0) is 12.1 Å². The van der Waals surface area contributed by atoms with E-state index in [4.69, 9.17) is 10.8 Å². The van der Waals surface area contributed by atoms with Gasteiger partial charge in [-0.15, -0.1) is 0 Å². The summed E-state index contributed by atoms with van der Waals surface area (Å²) in [7, 11) is 0. The summed E-state index contributed by atoms with van der Waals surface area (Å²) in [5.74, 6) is -1.07. The standard InChI is InChI=1S/C9H11N3O2/c10-8(9(13)14)6-11-12-7-4-2-1-3-5-7/h1-5,8H,6,10H2,(H,13,14)/t8-/m0/s1. The number of nitrogens with two attached hydrogens (primary N) is 1. The number of carbonyl (C=O) groups is 1. The lowest BCUT2D eigenvalue weighted by Gasteiger charge is -1.99.